The first-order valence-electron chi connectivity index (χ1n) is 4.07. The predicted octanol–water partition coefficient (Wildman–Crippen LogP) is 1.27. The molecule has 0 radical (unpaired) electrons. The van der Waals surface area contributed by atoms with Crippen molar-refractivity contribution in [2.45, 2.75) is 38.9 Å². The van der Waals surface area contributed by atoms with E-state index in [1.807, 2.05) is 0 Å². The Morgan fingerprint density at radius 1 is 1.58 bits per heavy atom. The number of hydrogen-bond donors (Lipinski definition) is 1. The number of aliphatic hydroxyl groups is 1. The number of carbonyl (C=O) groups excluding carboxylic acids is 1. The lowest BCUT2D eigenvalue weighted by Gasteiger charge is -2.12. The van der Waals surface area contributed by atoms with Gasteiger partial charge >= 0.3 is 5.97 Å². The Morgan fingerprint density at radius 3 is 2.58 bits per heavy atom. The second-order valence-corrected chi connectivity index (χ2v) is 2.88. The van der Waals surface area contributed by atoms with Crippen LogP contribution in [0.25, 0.3) is 0 Å². The summed E-state index contributed by atoms with van der Waals surface area (Å²) in [6.07, 6.45) is 1.97. The van der Waals surface area contributed by atoms with Crippen LogP contribution in [0.5, 0.6) is 0 Å². The fourth-order valence-corrected chi connectivity index (χ4v) is 0.781. The molecular weight excluding hydrogens is 156 g/mol. The molecule has 0 aromatic heterocycles. The van der Waals surface area contributed by atoms with E-state index in [1.54, 1.807) is 13.8 Å². The van der Waals surface area contributed by atoms with Crippen molar-refractivity contribution in [2.75, 3.05) is 0 Å². The van der Waals surface area contributed by atoms with Crippen LogP contribution in [0.1, 0.15) is 26.7 Å². The molecule has 1 N–H and O–H groups in total. The van der Waals surface area contributed by atoms with Gasteiger partial charge in [-0.05, 0) is 26.7 Å². The van der Waals surface area contributed by atoms with Crippen molar-refractivity contribution in [2.24, 2.45) is 0 Å². The van der Waals surface area contributed by atoms with Gasteiger partial charge in [0.2, 0.25) is 0 Å². The molecule has 0 saturated heterocycles. The fraction of sp³-hybridized carbons (Fsp3) is 0.667. The average Bonchev–Trinajstić information content (AvgIpc) is 2.00. The smallest absolute Gasteiger partial charge is 0.330 e. The van der Waals surface area contributed by atoms with Crippen molar-refractivity contribution in [1.29, 1.82) is 0 Å². The third-order valence-electron chi connectivity index (χ3n) is 1.47. The molecule has 0 spiro atoms. The molecule has 2 atom stereocenters. The van der Waals surface area contributed by atoms with Crippen LogP contribution in [-0.2, 0) is 9.53 Å². The van der Waals surface area contributed by atoms with E-state index in [1.165, 1.54) is 0 Å². The Hall–Kier alpha value is -0.830. The summed E-state index contributed by atoms with van der Waals surface area (Å²) in [6, 6.07) is 0. The van der Waals surface area contributed by atoms with Crippen LogP contribution in [-0.4, -0.2) is 23.3 Å². The van der Waals surface area contributed by atoms with E-state index < -0.39 is 5.97 Å². The van der Waals surface area contributed by atoms with E-state index in [-0.39, 0.29) is 12.2 Å². The van der Waals surface area contributed by atoms with Gasteiger partial charge in [0.15, 0.2) is 0 Å². The number of ether oxygens (including phenoxy) is 1. The molecule has 3 nitrogen and oxygen atoms in total. The quantitative estimate of drug-likeness (QED) is 0.501. The molecule has 0 aliphatic carbocycles. The maximum atomic E-state index is 10.7. The van der Waals surface area contributed by atoms with E-state index in [0.29, 0.717) is 12.8 Å². The molecule has 0 aromatic carbocycles. The zero-order chi connectivity index (χ0) is 9.56. The van der Waals surface area contributed by atoms with E-state index in [0.717, 1.165) is 6.08 Å². The third-order valence-corrected chi connectivity index (χ3v) is 1.47. The normalized spacial score (nSPS) is 14.9. The molecule has 0 amide bonds. The van der Waals surface area contributed by atoms with Gasteiger partial charge in [-0.25, -0.2) is 4.79 Å². The van der Waals surface area contributed by atoms with Gasteiger partial charge < -0.3 is 9.84 Å². The van der Waals surface area contributed by atoms with Crippen molar-refractivity contribution in [3.05, 3.63) is 12.7 Å². The summed E-state index contributed by atoms with van der Waals surface area (Å²) in [4.78, 5) is 10.7. The first-order chi connectivity index (χ1) is 5.56. The lowest BCUT2D eigenvalue weighted by atomic mass is 10.1. The topological polar surface area (TPSA) is 46.5 Å². The molecule has 0 saturated carbocycles. The van der Waals surface area contributed by atoms with Crippen LogP contribution in [0.4, 0.5) is 0 Å². The molecule has 0 fully saturated rings. The monoisotopic (exact) mass is 172 g/mol. The lowest BCUT2D eigenvalue weighted by molar-refractivity contribution is -0.142. The summed E-state index contributed by atoms with van der Waals surface area (Å²) in [5.41, 5.74) is 0. The SMILES string of the molecule is C=CC(=O)OC(C)CCC(C)O. The van der Waals surface area contributed by atoms with Crippen molar-refractivity contribution in [3.63, 3.8) is 0 Å². The van der Waals surface area contributed by atoms with Crippen LogP contribution in [0.15, 0.2) is 12.7 Å². The van der Waals surface area contributed by atoms with Crippen LogP contribution in [0, 0.1) is 0 Å². The minimum Gasteiger partial charge on any atom is -0.460 e. The maximum Gasteiger partial charge on any atom is 0.330 e. The molecule has 3 heteroatoms. The van der Waals surface area contributed by atoms with Gasteiger partial charge in [-0.3, -0.25) is 0 Å². The maximum absolute atomic E-state index is 10.7. The molecule has 0 aliphatic rings. The van der Waals surface area contributed by atoms with Crippen LogP contribution in [0.2, 0.25) is 0 Å². The number of hydrogen-bond acceptors (Lipinski definition) is 3. The third kappa shape index (κ3) is 5.92. The number of carbonyl (C=O) groups is 1. The van der Waals surface area contributed by atoms with Gasteiger partial charge in [-0.15, -0.1) is 0 Å². The van der Waals surface area contributed by atoms with Gasteiger partial charge in [0, 0.05) is 6.08 Å². The molecule has 0 aromatic rings. The Morgan fingerprint density at radius 2 is 2.17 bits per heavy atom. The Labute approximate surface area is 73.0 Å². The molecule has 0 aliphatic heterocycles. The summed E-state index contributed by atoms with van der Waals surface area (Å²) in [7, 11) is 0. The fourth-order valence-electron chi connectivity index (χ4n) is 0.781. The van der Waals surface area contributed by atoms with Crippen LogP contribution >= 0.6 is 0 Å². The number of esters is 1. The molecule has 12 heavy (non-hydrogen) atoms. The second-order valence-electron chi connectivity index (χ2n) is 2.88. The van der Waals surface area contributed by atoms with Gasteiger partial charge in [-0.1, -0.05) is 6.58 Å². The highest BCUT2D eigenvalue weighted by molar-refractivity contribution is 5.81. The highest BCUT2D eigenvalue weighted by atomic mass is 16.5. The van der Waals surface area contributed by atoms with Crippen LogP contribution < -0.4 is 0 Å². The number of rotatable bonds is 5. The second kappa shape index (κ2) is 5.77. The largest absolute Gasteiger partial charge is 0.460 e. The minimum absolute atomic E-state index is 0.148. The van der Waals surface area contributed by atoms with Crippen LogP contribution in [0.3, 0.4) is 0 Å². The van der Waals surface area contributed by atoms with E-state index >= 15 is 0 Å². The van der Waals surface area contributed by atoms with Gasteiger partial charge in [-0.2, -0.15) is 0 Å². The molecule has 0 bridgehead atoms. The summed E-state index contributed by atoms with van der Waals surface area (Å²) >= 11 is 0. The Kier molecular flexibility index (Phi) is 5.37. The van der Waals surface area contributed by atoms with E-state index in [4.69, 9.17) is 9.84 Å². The van der Waals surface area contributed by atoms with E-state index in [2.05, 4.69) is 6.58 Å². The summed E-state index contributed by atoms with van der Waals surface area (Å²) in [5, 5.41) is 8.93. The molecule has 2 unspecified atom stereocenters. The van der Waals surface area contributed by atoms with Crippen molar-refractivity contribution in [1.82, 2.24) is 0 Å². The first-order valence-corrected chi connectivity index (χ1v) is 4.07. The molecule has 0 heterocycles. The van der Waals surface area contributed by atoms with Gasteiger partial charge in [0.25, 0.3) is 0 Å². The summed E-state index contributed by atoms with van der Waals surface area (Å²) in [6.45, 7) is 6.79. The molecule has 70 valence electrons. The highest BCUT2D eigenvalue weighted by Gasteiger charge is 2.07. The summed E-state index contributed by atoms with van der Waals surface area (Å²) in [5.74, 6) is -0.409. The van der Waals surface area contributed by atoms with Gasteiger partial charge in [0.05, 0.1) is 12.2 Å². The zero-order valence-corrected chi connectivity index (χ0v) is 7.62. The Bertz CT molecular complexity index is 152. The molecular formula is C9H16O3. The number of aliphatic hydroxyl groups excluding tert-OH is 1. The predicted molar refractivity (Wildman–Crippen MR) is 46.7 cm³/mol. The highest BCUT2D eigenvalue weighted by Crippen LogP contribution is 2.04. The average molecular weight is 172 g/mol. The van der Waals surface area contributed by atoms with E-state index in [9.17, 15) is 4.79 Å². The van der Waals surface area contributed by atoms with Crippen molar-refractivity contribution in [3.8, 4) is 0 Å². The molecule has 0 rings (SSSR count). The first kappa shape index (κ1) is 11.2. The Balaban J connectivity index is 3.52. The van der Waals surface area contributed by atoms with Gasteiger partial charge in [0.1, 0.15) is 0 Å². The van der Waals surface area contributed by atoms with Crippen molar-refractivity contribution < 1.29 is 14.6 Å². The standard InChI is InChI=1S/C9H16O3/c1-4-9(11)12-8(3)6-5-7(2)10/h4,7-8,10H,1,5-6H2,2-3H3. The van der Waals surface area contributed by atoms with Crippen molar-refractivity contribution >= 4 is 5.97 Å². The summed E-state index contributed by atoms with van der Waals surface area (Å²) < 4.78 is 4.88. The minimum atomic E-state index is -0.409. The zero-order valence-electron chi connectivity index (χ0n) is 7.62. The lowest BCUT2D eigenvalue weighted by Crippen LogP contribution is -2.14.